The molecular formula is C18H14Cl2F3N5O. The van der Waals surface area contributed by atoms with Gasteiger partial charge in [0.25, 0.3) is 5.91 Å². The zero-order valence-corrected chi connectivity index (χ0v) is 16.6. The Balaban J connectivity index is 1.88. The number of nitrogens with zero attached hydrogens (tertiary/aromatic N) is 4. The maximum atomic E-state index is 13.0. The summed E-state index contributed by atoms with van der Waals surface area (Å²) in [4.78, 5) is 21.0. The first-order valence-electron chi connectivity index (χ1n) is 8.28. The number of hydrogen-bond donors (Lipinski definition) is 1. The largest absolute Gasteiger partial charge is 0.416 e. The number of pyridine rings is 1. The number of aromatic nitrogens is 4. The number of aryl methyl sites for hydroxylation is 1. The standard InChI is InChI=1S/C18H14Cl2F3N5O/c1-9(16-26-10(2)27-28(16)15-4-3-13(19)8-24-15)25-17(29)11-5-12(18(21,22)23)7-14(20)6-11/h3-9H,1-2H3,(H,25,29). The molecule has 152 valence electrons. The zero-order chi connectivity index (χ0) is 21.3. The maximum absolute atomic E-state index is 13.0. The van der Waals surface area contributed by atoms with Crippen molar-refractivity contribution in [3.05, 3.63) is 69.3 Å². The summed E-state index contributed by atoms with van der Waals surface area (Å²) in [5, 5.41) is 7.11. The molecule has 0 aliphatic carbocycles. The quantitative estimate of drug-likeness (QED) is 0.629. The summed E-state index contributed by atoms with van der Waals surface area (Å²) in [5.74, 6) is 0.471. The fraction of sp³-hybridized carbons (Fsp3) is 0.222. The number of amides is 1. The lowest BCUT2D eigenvalue weighted by molar-refractivity contribution is -0.137. The number of carbonyl (C=O) groups is 1. The van der Waals surface area contributed by atoms with E-state index < -0.39 is 23.7 Å². The fourth-order valence-corrected chi connectivity index (χ4v) is 2.95. The lowest BCUT2D eigenvalue weighted by Gasteiger charge is -2.15. The third-order valence-electron chi connectivity index (χ3n) is 3.89. The molecule has 3 rings (SSSR count). The number of alkyl halides is 3. The van der Waals surface area contributed by atoms with E-state index in [2.05, 4.69) is 20.4 Å². The molecule has 0 spiro atoms. The van der Waals surface area contributed by atoms with E-state index in [0.717, 1.165) is 18.2 Å². The molecule has 2 aromatic heterocycles. The van der Waals surface area contributed by atoms with Gasteiger partial charge in [0.2, 0.25) is 0 Å². The van der Waals surface area contributed by atoms with Crippen LogP contribution < -0.4 is 5.32 Å². The Morgan fingerprint density at radius 1 is 1.17 bits per heavy atom. The van der Waals surface area contributed by atoms with E-state index in [1.54, 1.807) is 26.0 Å². The van der Waals surface area contributed by atoms with Crippen LogP contribution >= 0.6 is 23.2 Å². The summed E-state index contributed by atoms with van der Waals surface area (Å²) in [7, 11) is 0. The predicted octanol–water partition coefficient (Wildman–Crippen LogP) is 4.79. The Morgan fingerprint density at radius 3 is 2.52 bits per heavy atom. The molecular weight excluding hydrogens is 430 g/mol. The summed E-state index contributed by atoms with van der Waals surface area (Å²) in [6, 6.07) is 5.22. The lowest BCUT2D eigenvalue weighted by Crippen LogP contribution is -2.29. The minimum atomic E-state index is -4.62. The van der Waals surface area contributed by atoms with Crippen LogP contribution in [0.2, 0.25) is 10.0 Å². The van der Waals surface area contributed by atoms with Gasteiger partial charge in [0, 0.05) is 16.8 Å². The summed E-state index contributed by atoms with van der Waals surface area (Å²) in [6.45, 7) is 3.29. The predicted molar refractivity (Wildman–Crippen MR) is 101 cm³/mol. The highest BCUT2D eigenvalue weighted by molar-refractivity contribution is 6.31. The topological polar surface area (TPSA) is 72.7 Å². The second-order valence-corrected chi connectivity index (χ2v) is 7.06. The Hall–Kier alpha value is -2.65. The molecule has 29 heavy (non-hydrogen) atoms. The van der Waals surface area contributed by atoms with Gasteiger partial charge in [-0.2, -0.15) is 17.9 Å². The first kappa shape index (κ1) is 21.1. The number of hydrogen-bond acceptors (Lipinski definition) is 4. The van der Waals surface area contributed by atoms with E-state index in [-0.39, 0.29) is 10.6 Å². The summed E-state index contributed by atoms with van der Waals surface area (Å²) >= 11 is 11.6. The third-order valence-corrected chi connectivity index (χ3v) is 4.33. The Kier molecular flexibility index (Phi) is 5.81. The zero-order valence-electron chi connectivity index (χ0n) is 15.1. The number of nitrogens with one attached hydrogen (secondary N) is 1. The average Bonchev–Trinajstić information content (AvgIpc) is 3.03. The normalized spacial score (nSPS) is 12.7. The van der Waals surface area contributed by atoms with Crippen molar-refractivity contribution in [1.82, 2.24) is 25.1 Å². The van der Waals surface area contributed by atoms with Crippen molar-refractivity contribution >= 4 is 29.1 Å². The molecule has 0 radical (unpaired) electrons. The van der Waals surface area contributed by atoms with Gasteiger partial charge >= 0.3 is 6.18 Å². The molecule has 0 aliphatic rings. The smallest absolute Gasteiger partial charge is 0.342 e. The van der Waals surface area contributed by atoms with Crippen LogP contribution in [0.15, 0.2) is 36.5 Å². The highest BCUT2D eigenvalue weighted by atomic mass is 35.5. The van der Waals surface area contributed by atoms with Gasteiger partial charge in [0.05, 0.1) is 16.6 Å². The van der Waals surface area contributed by atoms with Crippen LogP contribution in [0.4, 0.5) is 13.2 Å². The highest BCUT2D eigenvalue weighted by Gasteiger charge is 2.32. The van der Waals surface area contributed by atoms with Crippen molar-refractivity contribution in [3.8, 4) is 5.82 Å². The van der Waals surface area contributed by atoms with E-state index >= 15 is 0 Å². The molecule has 0 bridgehead atoms. The molecule has 0 fully saturated rings. The number of carbonyl (C=O) groups excluding carboxylic acids is 1. The van der Waals surface area contributed by atoms with Gasteiger partial charge in [0.1, 0.15) is 5.82 Å². The van der Waals surface area contributed by atoms with Crippen molar-refractivity contribution in [2.75, 3.05) is 0 Å². The molecule has 11 heteroatoms. The summed E-state index contributed by atoms with van der Waals surface area (Å²) in [5.41, 5.74) is -1.23. The Labute approximate surface area is 173 Å². The molecule has 2 heterocycles. The molecule has 1 unspecified atom stereocenters. The number of halogens is 5. The van der Waals surface area contributed by atoms with Gasteiger partial charge in [-0.25, -0.2) is 9.97 Å². The van der Waals surface area contributed by atoms with Crippen LogP contribution in [0.3, 0.4) is 0 Å². The Morgan fingerprint density at radius 2 is 1.90 bits per heavy atom. The van der Waals surface area contributed by atoms with E-state index in [1.165, 1.54) is 10.9 Å². The van der Waals surface area contributed by atoms with E-state index in [4.69, 9.17) is 23.2 Å². The van der Waals surface area contributed by atoms with Gasteiger partial charge < -0.3 is 5.32 Å². The van der Waals surface area contributed by atoms with E-state index in [9.17, 15) is 18.0 Å². The molecule has 6 nitrogen and oxygen atoms in total. The molecule has 0 saturated heterocycles. The first-order valence-corrected chi connectivity index (χ1v) is 9.04. The van der Waals surface area contributed by atoms with Gasteiger partial charge in [-0.3, -0.25) is 4.79 Å². The molecule has 1 aromatic carbocycles. The van der Waals surface area contributed by atoms with Crippen molar-refractivity contribution in [2.24, 2.45) is 0 Å². The lowest BCUT2D eigenvalue weighted by atomic mass is 10.1. The second kappa shape index (κ2) is 8.00. The van der Waals surface area contributed by atoms with Gasteiger partial charge in [-0.05, 0) is 44.2 Å². The SMILES string of the molecule is Cc1nc(C(C)NC(=O)c2cc(Cl)cc(C(F)(F)F)c2)n(-c2ccc(Cl)cn2)n1. The Bertz CT molecular complexity index is 1050. The molecule has 0 aliphatic heterocycles. The van der Waals surface area contributed by atoms with Crippen LogP contribution in [0.25, 0.3) is 5.82 Å². The van der Waals surface area contributed by atoms with Crippen LogP contribution in [0, 0.1) is 6.92 Å². The van der Waals surface area contributed by atoms with E-state index in [1.807, 2.05) is 0 Å². The minimum absolute atomic E-state index is 0.193. The third kappa shape index (κ3) is 4.86. The molecule has 1 amide bonds. The maximum Gasteiger partial charge on any atom is 0.416 e. The minimum Gasteiger partial charge on any atom is -0.342 e. The molecule has 1 N–H and O–H groups in total. The second-order valence-electron chi connectivity index (χ2n) is 6.19. The summed E-state index contributed by atoms with van der Waals surface area (Å²) < 4.78 is 40.4. The monoisotopic (exact) mass is 443 g/mol. The van der Waals surface area contributed by atoms with Gasteiger partial charge in [-0.1, -0.05) is 23.2 Å². The summed E-state index contributed by atoms with van der Waals surface area (Å²) in [6.07, 6.45) is -3.19. The molecule has 0 saturated carbocycles. The van der Waals surface area contributed by atoms with Crippen molar-refractivity contribution < 1.29 is 18.0 Å². The van der Waals surface area contributed by atoms with Crippen molar-refractivity contribution in [2.45, 2.75) is 26.1 Å². The van der Waals surface area contributed by atoms with Crippen LogP contribution in [0.5, 0.6) is 0 Å². The van der Waals surface area contributed by atoms with Gasteiger partial charge in [-0.15, -0.1) is 5.10 Å². The van der Waals surface area contributed by atoms with Crippen LogP contribution in [-0.4, -0.2) is 25.7 Å². The average molecular weight is 444 g/mol. The van der Waals surface area contributed by atoms with Crippen molar-refractivity contribution in [3.63, 3.8) is 0 Å². The van der Waals surface area contributed by atoms with Crippen LogP contribution in [-0.2, 0) is 6.18 Å². The van der Waals surface area contributed by atoms with Gasteiger partial charge in [0.15, 0.2) is 11.6 Å². The number of rotatable bonds is 4. The highest BCUT2D eigenvalue weighted by Crippen LogP contribution is 2.32. The molecule has 3 aromatic rings. The first-order chi connectivity index (χ1) is 13.5. The van der Waals surface area contributed by atoms with E-state index in [0.29, 0.717) is 22.5 Å². The number of benzene rings is 1. The van der Waals surface area contributed by atoms with Crippen molar-refractivity contribution in [1.29, 1.82) is 0 Å². The van der Waals surface area contributed by atoms with Crippen LogP contribution in [0.1, 0.15) is 40.5 Å². The molecule has 1 atom stereocenters. The fourth-order valence-electron chi connectivity index (χ4n) is 2.60.